The van der Waals surface area contributed by atoms with Crippen LogP contribution >= 0.6 is 12.6 Å². The van der Waals surface area contributed by atoms with Gasteiger partial charge < -0.3 is 10.2 Å². The minimum atomic E-state index is -0.216. The molecule has 2 aromatic heterocycles. The zero-order chi connectivity index (χ0) is 13.6. The molecule has 6 nitrogen and oxygen atoms in total. The number of aryl methyl sites for hydroxylation is 1. The van der Waals surface area contributed by atoms with Crippen molar-refractivity contribution >= 4 is 48.0 Å². The Kier molecular flexibility index (Phi) is 4.24. The second-order valence-electron chi connectivity index (χ2n) is 4.11. The van der Waals surface area contributed by atoms with Crippen LogP contribution in [0.5, 0.6) is 11.5 Å². The average Bonchev–Trinajstić information content (AvgIpc) is 2.76. The summed E-state index contributed by atoms with van der Waals surface area (Å²) in [5.41, 5.74) is 1.39. The number of nitrogens with zero attached hydrogens (tertiary/aromatic N) is 4. The van der Waals surface area contributed by atoms with Crippen molar-refractivity contribution in [3.05, 3.63) is 30.0 Å². The van der Waals surface area contributed by atoms with E-state index in [1.165, 1.54) is 16.6 Å². The Morgan fingerprint density at radius 1 is 1.10 bits per heavy atom. The Balaban J connectivity index is 0.00000147. The van der Waals surface area contributed by atoms with Crippen LogP contribution < -0.4 is 0 Å². The van der Waals surface area contributed by atoms with Gasteiger partial charge in [-0.05, 0) is 31.2 Å². The van der Waals surface area contributed by atoms with Crippen LogP contribution in [0.3, 0.4) is 0 Å². The molecule has 0 aliphatic carbocycles. The molecule has 3 rings (SSSR count). The summed E-state index contributed by atoms with van der Waals surface area (Å²) in [7, 11) is 0. The molecule has 8 heteroatoms. The molecule has 0 fully saturated rings. The second kappa shape index (κ2) is 5.61. The standard InChI is InChI=1S/C12H10N4O2S.Na.H/c1-6-4-10(19)16-12(13-6)14-11(15-16)7-2-3-8(17)9(18)5-7;;/h2-5,17-19H,1H3;;. The fourth-order valence-corrected chi connectivity index (χ4v) is 2.07. The van der Waals surface area contributed by atoms with Crippen LogP contribution in [0.2, 0.25) is 0 Å². The normalized spacial score (nSPS) is 10.5. The molecule has 0 aliphatic rings. The van der Waals surface area contributed by atoms with Crippen LogP contribution in [0.25, 0.3) is 17.2 Å². The minimum absolute atomic E-state index is 0. The fourth-order valence-electron chi connectivity index (χ4n) is 1.75. The SMILES string of the molecule is Cc1cc(S)n2nc(-c3ccc(O)c(O)c3)nc2n1.[NaH]. The summed E-state index contributed by atoms with van der Waals surface area (Å²) in [5, 5.41) is 23.7. The number of phenols is 2. The van der Waals surface area contributed by atoms with Crippen LogP contribution in [-0.4, -0.2) is 59.4 Å². The Bertz CT molecular complexity index is 790. The van der Waals surface area contributed by atoms with E-state index in [1.807, 2.05) is 6.92 Å². The summed E-state index contributed by atoms with van der Waals surface area (Å²) < 4.78 is 1.51. The van der Waals surface area contributed by atoms with Crippen molar-refractivity contribution in [2.45, 2.75) is 11.9 Å². The van der Waals surface area contributed by atoms with Crippen molar-refractivity contribution in [3.8, 4) is 22.9 Å². The van der Waals surface area contributed by atoms with Gasteiger partial charge in [-0.15, -0.1) is 17.7 Å². The predicted molar refractivity (Wildman–Crippen MR) is 78.7 cm³/mol. The number of aromatic nitrogens is 4. The molecular formula is C12H11N4NaO2S. The number of hydrogen-bond acceptors (Lipinski definition) is 6. The van der Waals surface area contributed by atoms with Crippen molar-refractivity contribution in [1.29, 1.82) is 0 Å². The van der Waals surface area contributed by atoms with Gasteiger partial charge in [-0.3, -0.25) is 0 Å². The summed E-state index contributed by atoms with van der Waals surface area (Å²) in [5.74, 6) is 0.444. The van der Waals surface area contributed by atoms with Crippen molar-refractivity contribution in [2.75, 3.05) is 0 Å². The number of thiol groups is 1. The van der Waals surface area contributed by atoms with Crippen LogP contribution in [0, 0.1) is 6.92 Å². The third-order valence-electron chi connectivity index (χ3n) is 2.66. The quantitative estimate of drug-likeness (QED) is 0.272. The fraction of sp³-hybridized carbons (Fsp3) is 0.0833. The van der Waals surface area contributed by atoms with E-state index in [1.54, 1.807) is 12.1 Å². The summed E-state index contributed by atoms with van der Waals surface area (Å²) in [4.78, 5) is 8.53. The van der Waals surface area contributed by atoms with E-state index in [4.69, 9.17) is 0 Å². The van der Waals surface area contributed by atoms with Gasteiger partial charge in [0.25, 0.3) is 5.78 Å². The number of rotatable bonds is 1. The Hall–Kier alpha value is -1.28. The van der Waals surface area contributed by atoms with E-state index < -0.39 is 0 Å². The molecule has 0 amide bonds. The number of phenolic OH excluding ortho intramolecular Hbond substituents is 2. The summed E-state index contributed by atoms with van der Waals surface area (Å²) in [6.45, 7) is 1.85. The second-order valence-corrected chi connectivity index (χ2v) is 4.56. The molecule has 2 N–H and O–H groups in total. The van der Waals surface area contributed by atoms with E-state index >= 15 is 0 Å². The molecule has 0 unspecified atom stereocenters. The Labute approximate surface area is 142 Å². The van der Waals surface area contributed by atoms with Crippen molar-refractivity contribution in [1.82, 2.24) is 19.6 Å². The van der Waals surface area contributed by atoms with Gasteiger partial charge in [0, 0.05) is 11.3 Å². The van der Waals surface area contributed by atoms with E-state index in [2.05, 4.69) is 27.7 Å². The third kappa shape index (κ3) is 2.62. The molecule has 0 spiro atoms. The summed E-state index contributed by atoms with van der Waals surface area (Å²) in [6.07, 6.45) is 0. The van der Waals surface area contributed by atoms with E-state index in [-0.39, 0.29) is 41.1 Å². The third-order valence-corrected chi connectivity index (χ3v) is 2.97. The van der Waals surface area contributed by atoms with Crippen molar-refractivity contribution in [3.63, 3.8) is 0 Å². The van der Waals surface area contributed by atoms with Gasteiger partial charge in [-0.1, -0.05) is 0 Å². The molecule has 2 heterocycles. The Morgan fingerprint density at radius 3 is 2.55 bits per heavy atom. The van der Waals surface area contributed by atoms with Crippen molar-refractivity contribution < 1.29 is 10.2 Å². The first-order valence-electron chi connectivity index (χ1n) is 5.50. The molecule has 98 valence electrons. The molecule has 1 aromatic carbocycles. The van der Waals surface area contributed by atoms with Crippen molar-refractivity contribution in [2.24, 2.45) is 0 Å². The molecule has 0 saturated carbocycles. The maximum absolute atomic E-state index is 9.49. The number of hydrogen-bond donors (Lipinski definition) is 3. The predicted octanol–water partition coefficient (Wildman–Crippen LogP) is 1.15. The van der Waals surface area contributed by atoms with Gasteiger partial charge in [0.2, 0.25) is 0 Å². The molecule has 0 radical (unpaired) electrons. The summed E-state index contributed by atoms with van der Waals surface area (Å²) >= 11 is 4.31. The molecular weight excluding hydrogens is 287 g/mol. The van der Waals surface area contributed by atoms with Gasteiger partial charge in [0.15, 0.2) is 17.3 Å². The monoisotopic (exact) mass is 298 g/mol. The first kappa shape index (κ1) is 15.1. The molecule has 0 saturated heterocycles. The van der Waals surface area contributed by atoms with E-state index in [0.717, 1.165) is 5.69 Å². The van der Waals surface area contributed by atoms with Gasteiger partial charge >= 0.3 is 29.6 Å². The molecule has 0 aliphatic heterocycles. The number of fused-ring (bicyclic) bond motifs is 1. The van der Waals surface area contributed by atoms with Gasteiger partial charge in [-0.2, -0.15) is 9.50 Å². The first-order valence-corrected chi connectivity index (χ1v) is 5.95. The number of benzene rings is 1. The van der Waals surface area contributed by atoms with Gasteiger partial charge in [0.1, 0.15) is 5.03 Å². The van der Waals surface area contributed by atoms with Gasteiger partial charge in [-0.25, -0.2) is 4.98 Å². The molecule has 3 aromatic rings. The molecule has 0 atom stereocenters. The number of aromatic hydroxyl groups is 2. The zero-order valence-corrected chi connectivity index (χ0v) is 10.8. The van der Waals surface area contributed by atoms with Crippen LogP contribution in [0.1, 0.15) is 5.69 Å². The average molecular weight is 298 g/mol. The van der Waals surface area contributed by atoms with Gasteiger partial charge in [0.05, 0.1) is 0 Å². The van der Waals surface area contributed by atoms with Crippen LogP contribution in [0.4, 0.5) is 0 Å². The first-order chi connectivity index (χ1) is 9.04. The van der Waals surface area contributed by atoms with E-state index in [0.29, 0.717) is 22.2 Å². The van der Waals surface area contributed by atoms with Crippen LogP contribution in [-0.2, 0) is 0 Å². The summed E-state index contributed by atoms with van der Waals surface area (Å²) in [6, 6.07) is 6.18. The van der Waals surface area contributed by atoms with Crippen LogP contribution in [0.15, 0.2) is 29.3 Å². The zero-order valence-electron chi connectivity index (χ0n) is 9.94. The maximum atomic E-state index is 9.49. The Morgan fingerprint density at radius 2 is 1.85 bits per heavy atom. The molecule has 0 bridgehead atoms. The molecule has 20 heavy (non-hydrogen) atoms. The van der Waals surface area contributed by atoms with E-state index in [9.17, 15) is 10.2 Å². The topological polar surface area (TPSA) is 83.5 Å².